The molecule has 1 amide bonds. The number of amides is 1. The Morgan fingerprint density at radius 2 is 1.94 bits per heavy atom. The number of aromatic nitrogens is 3. The highest BCUT2D eigenvalue weighted by atomic mass is 16.2. The molecule has 1 aromatic carbocycles. The van der Waals surface area contributed by atoms with E-state index in [0.29, 0.717) is 25.5 Å². The Kier molecular flexibility index (Phi) is 7.10. The fourth-order valence-corrected chi connectivity index (χ4v) is 4.70. The fraction of sp³-hybridized carbons (Fsp3) is 0.625. The van der Waals surface area contributed by atoms with Crippen molar-refractivity contribution >= 4 is 5.91 Å². The van der Waals surface area contributed by atoms with Crippen LogP contribution < -0.4 is 11.0 Å². The lowest BCUT2D eigenvalue weighted by Crippen LogP contribution is -2.45. The molecular weight excluding hydrogens is 404 g/mol. The number of fused-ring (bicyclic) bond motifs is 1. The van der Waals surface area contributed by atoms with Crippen LogP contribution in [0.3, 0.4) is 0 Å². The lowest BCUT2D eigenvalue weighted by Gasteiger charge is -2.32. The number of nitrogens with zero attached hydrogens (tertiary/aromatic N) is 5. The molecule has 1 N–H and O–H groups in total. The van der Waals surface area contributed by atoms with Crippen LogP contribution in [0.25, 0.3) is 0 Å². The first kappa shape index (κ1) is 22.7. The predicted molar refractivity (Wildman–Crippen MR) is 125 cm³/mol. The lowest BCUT2D eigenvalue weighted by molar-refractivity contribution is -0.123. The highest BCUT2D eigenvalue weighted by Gasteiger charge is 2.31. The first-order valence-corrected chi connectivity index (χ1v) is 11.8. The predicted octanol–water partition coefficient (Wildman–Crippen LogP) is 1.34. The number of aryl methyl sites for hydroxylation is 2. The van der Waals surface area contributed by atoms with E-state index in [1.807, 2.05) is 13.8 Å². The minimum absolute atomic E-state index is 0.00628. The van der Waals surface area contributed by atoms with Crippen molar-refractivity contribution in [1.29, 1.82) is 0 Å². The summed E-state index contributed by atoms with van der Waals surface area (Å²) in [7, 11) is 2.16. The van der Waals surface area contributed by atoms with Crippen LogP contribution in [0.2, 0.25) is 0 Å². The quantitative estimate of drug-likeness (QED) is 0.658. The largest absolute Gasteiger partial charge is 0.355 e. The average molecular weight is 441 g/mol. The molecule has 0 bridgehead atoms. The van der Waals surface area contributed by atoms with Crippen molar-refractivity contribution in [3.05, 3.63) is 51.2 Å². The van der Waals surface area contributed by atoms with Crippen molar-refractivity contribution in [2.24, 2.45) is 0 Å². The van der Waals surface area contributed by atoms with Gasteiger partial charge in [-0.15, -0.1) is 0 Å². The van der Waals surface area contributed by atoms with Crippen molar-refractivity contribution in [1.82, 2.24) is 29.5 Å². The van der Waals surface area contributed by atoms with Crippen molar-refractivity contribution < 1.29 is 4.79 Å². The second kappa shape index (κ2) is 10.0. The van der Waals surface area contributed by atoms with Gasteiger partial charge in [-0.25, -0.2) is 9.48 Å². The highest BCUT2D eigenvalue weighted by Crippen LogP contribution is 2.25. The molecule has 8 heteroatoms. The van der Waals surface area contributed by atoms with Crippen LogP contribution in [0.4, 0.5) is 0 Å². The minimum Gasteiger partial charge on any atom is -0.355 e. The Hall–Kier alpha value is -2.45. The Balaban J connectivity index is 1.37. The van der Waals surface area contributed by atoms with Gasteiger partial charge in [0.2, 0.25) is 5.91 Å². The average Bonchev–Trinajstić information content (AvgIpc) is 3.10. The van der Waals surface area contributed by atoms with Crippen LogP contribution in [-0.4, -0.2) is 76.4 Å². The van der Waals surface area contributed by atoms with Gasteiger partial charge in [0, 0.05) is 39.3 Å². The summed E-state index contributed by atoms with van der Waals surface area (Å²) in [5.41, 5.74) is 3.28. The van der Waals surface area contributed by atoms with Gasteiger partial charge in [-0.1, -0.05) is 23.8 Å². The molecule has 2 aromatic rings. The molecule has 8 nitrogen and oxygen atoms in total. The van der Waals surface area contributed by atoms with Crippen molar-refractivity contribution in [2.45, 2.75) is 52.1 Å². The highest BCUT2D eigenvalue weighted by molar-refractivity contribution is 5.82. The molecule has 2 aliphatic heterocycles. The molecule has 2 aliphatic rings. The maximum absolute atomic E-state index is 13.0. The Morgan fingerprint density at radius 3 is 2.72 bits per heavy atom. The number of rotatable bonds is 7. The van der Waals surface area contributed by atoms with Gasteiger partial charge in [-0.3, -0.25) is 9.36 Å². The first-order valence-electron chi connectivity index (χ1n) is 11.8. The number of carbonyl (C=O) groups is 1. The van der Waals surface area contributed by atoms with Gasteiger partial charge in [-0.2, -0.15) is 5.10 Å². The number of likely N-dealkylation sites (N-methyl/N-ethyl adjacent to an activating group) is 1. The van der Waals surface area contributed by atoms with E-state index < -0.39 is 0 Å². The molecule has 1 unspecified atom stereocenters. The molecule has 0 radical (unpaired) electrons. The van der Waals surface area contributed by atoms with E-state index in [4.69, 9.17) is 0 Å². The summed E-state index contributed by atoms with van der Waals surface area (Å²) in [4.78, 5) is 30.7. The molecule has 3 heterocycles. The number of nitrogens with one attached hydrogen (secondary N) is 1. The topological polar surface area (TPSA) is 75.4 Å². The van der Waals surface area contributed by atoms with E-state index >= 15 is 0 Å². The molecule has 1 aromatic heterocycles. The number of piperazine rings is 1. The summed E-state index contributed by atoms with van der Waals surface area (Å²) < 4.78 is 3.22. The third kappa shape index (κ3) is 5.13. The van der Waals surface area contributed by atoms with Crippen molar-refractivity contribution in [2.75, 3.05) is 46.3 Å². The molecule has 4 rings (SSSR count). The number of hydrogen-bond acceptors (Lipinski definition) is 5. The summed E-state index contributed by atoms with van der Waals surface area (Å²) >= 11 is 0. The molecule has 174 valence electrons. The molecule has 0 aliphatic carbocycles. The molecular formula is C24H36N6O2. The van der Waals surface area contributed by atoms with Gasteiger partial charge in [-0.05, 0) is 57.8 Å². The van der Waals surface area contributed by atoms with Crippen molar-refractivity contribution in [3.63, 3.8) is 0 Å². The van der Waals surface area contributed by atoms with Crippen LogP contribution in [0.1, 0.15) is 47.7 Å². The zero-order valence-electron chi connectivity index (χ0n) is 19.6. The number of carbonyl (C=O) groups excluding carboxylic acids is 1. The van der Waals surface area contributed by atoms with E-state index in [-0.39, 0.29) is 17.5 Å². The molecule has 1 saturated heterocycles. The normalized spacial score (nSPS) is 19.7. The smallest absolute Gasteiger partial charge is 0.346 e. The van der Waals surface area contributed by atoms with E-state index in [2.05, 4.69) is 45.5 Å². The zero-order valence-corrected chi connectivity index (χ0v) is 19.6. The molecule has 0 saturated carbocycles. The maximum atomic E-state index is 13.0. The van der Waals surface area contributed by atoms with Gasteiger partial charge in [0.1, 0.15) is 5.82 Å². The fourth-order valence-electron chi connectivity index (χ4n) is 4.70. The maximum Gasteiger partial charge on any atom is 0.346 e. The second-order valence-electron chi connectivity index (χ2n) is 9.36. The SMILES string of the molecule is Cc1ccc(C)c(Cn2nc3n(c2=O)CCCC3C(=O)NCCCN2CCN(C)CC2)c1. The standard InChI is InChI=1S/C24H36N6O2/c1-18-7-8-19(2)20(16-18)17-30-24(32)29-11-4-6-21(22(29)26-30)23(31)25-9-5-10-28-14-12-27(3)13-15-28/h7-8,16,21H,4-6,9-15,17H2,1-3H3,(H,25,31). The van der Waals surface area contributed by atoms with Gasteiger partial charge < -0.3 is 15.1 Å². The van der Waals surface area contributed by atoms with E-state index in [1.54, 1.807) is 4.57 Å². The van der Waals surface area contributed by atoms with Crippen LogP contribution in [0.15, 0.2) is 23.0 Å². The van der Waals surface area contributed by atoms with Gasteiger partial charge in [0.25, 0.3) is 0 Å². The molecule has 32 heavy (non-hydrogen) atoms. The number of benzene rings is 1. The summed E-state index contributed by atoms with van der Waals surface area (Å²) in [6.07, 6.45) is 2.50. The number of hydrogen-bond donors (Lipinski definition) is 1. The molecule has 1 fully saturated rings. The van der Waals surface area contributed by atoms with Gasteiger partial charge >= 0.3 is 5.69 Å². The third-order valence-corrected chi connectivity index (χ3v) is 6.83. The molecule has 1 atom stereocenters. The Morgan fingerprint density at radius 1 is 1.16 bits per heavy atom. The monoisotopic (exact) mass is 440 g/mol. The summed E-state index contributed by atoms with van der Waals surface area (Å²) in [5, 5.41) is 7.72. The van der Waals surface area contributed by atoms with Gasteiger partial charge in [0.15, 0.2) is 0 Å². The van der Waals surface area contributed by atoms with E-state index in [0.717, 1.165) is 68.7 Å². The van der Waals surface area contributed by atoms with Crippen molar-refractivity contribution in [3.8, 4) is 0 Å². The lowest BCUT2D eigenvalue weighted by atomic mass is 9.98. The Labute approximate surface area is 190 Å². The van der Waals surface area contributed by atoms with Crippen LogP contribution in [0, 0.1) is 13.8 Å². The zero-order chi connectivity index (χ0) is 22.7. The third-order valence-electron chi connectivity index (χ3n) is 6.83. The molecule has 0 spiro atoms. The second-order valence-corrected chi connectivity index (χ2v) is 9.36. The Bertz CT molecular complexity index is 1000. The summed E-state index contributed by atoms with van der Waals surface area (Å²) in [5.74, 6) is 0.260. The van der Waals surface area contributed by atoms with E-state index in [1.165, 1.54) is 4.68 Å². The first-order chi connectivity index (χ1) is 15.4. The van der Waals surface area contributed by atoms with Crippen LogP contribution in [0.5, 0.6) is 0 Å². The van der Waals surface area contributed by atoms with Crippen LogP contribution >= 0.6 is 0 Å². The minimum atomic E-state index is -0.347. The summed E-state index contributed by atoms with van der Waals surface area (Å²) in [6.45, 7) is 11.2. The van der Waals surface area contributed by atoms with Gasteiger partial charge in [0.05, 0.1) is 12.5 Å². The van der Waals surface area contributed by atoms with Crippen LogP contribution in [-0.2, 0) is 17.9 Å². The summed E-state index contributed by atoms with van der Waals surface area (Å²) in [6, 6.07) is 6.25. The van der Waals surface area contributed by atoms with E-state index in [9.17, 15) is 9.59 Å².